The van der Waals surface area contributed by atoms with Crippen molar-refractivity contribution in [3.63, 3.8) is 0 Å². The number of rotatable bonds is 1. The third kappa shape index (κ3) is 2.35. The van der Waals surface area contributed by atoms with Gasteiger partial charge in [0.1, 0.15) is 3.70 Å². The fourth-order valence-electron chi connectivity index (χ4n) is 2.44. The van der Waals surface area contributed by atoms with Gasteiger partial charge in [0.05, 0.1) is 21.3 Å². The minimum atomic E-state index is -0.288. The zero-order valence-corrected chi connectivity index (χ0v) is 14.0. The van der Waals surface area contributed by atoms with E-state index in [9.17, 15) is 4.79 Å². The van der Waals surface area contributed by atoms with Gasteiger partial charge in [-0.2, -0.15) is 9.78 Å². The normalized spacial score (nSPS) is 14.2. The number of nitrogens with zero attached hydrogens (tertiary/aromatic N) is 3. The van der Waals surface area contributed by atoms with E-state index in [0.717, 1.165) is 35.1 Å². The van der Waals surface area contributed by atoms with Crippen LogP contribution in [-0.4, -0.2) is 20.7 Å². The van der Waals surface area contributed by atoms with Crippen LogP contribution in [0.5, 0.6) is 0 Å². The Morgan fingerprint density at radius 1 is 1.20 bits per heavy atom. The number of hydrogen-bond donors (Lipinski definition) is 0. The van der Waals surface area contributed by atoms with Gasteiger partial charge >= 0.3 is 0 Å². The molecule has 0 atom stereocenters. The molecule has 2 heterocycles. The van der Waals surface area contributed by atoms with E-state index in [1.54, 1.807) is 0 Å². The highest BCUT2D eigenvalue weighted by Crippen LogP contribution is 2.29. The lowest BCUT2D eigenvalue weighted by atomic mass is 9.98. The molecule has 0 fully saturated rings. The largest absolute Gasteiger partial charge is 0.281 e. The smallest absolute Gasteiger partial charge is 0.267 e. The molecule has 0 unspecified atom stereocenters. The van der Waals surface area contributed by atoms with Crippen LogP contribution < -0.4 is 0 Å². The van der Waals surface area contributed by atoms with Crippen LogP contribution in [0.4, 0.5) is 0 Å². The van der Waals surface area contributed by atoms with Gasteiger partial charge in [0, 0.05) is 18.0 Å². The average molecular weight is 422 g/mol. The monoisotopic (exact) mass is 421 g/mol. The molecule has 0 N–H and O–H groups in total. The van der Waals surface area contributed by atoms with Gasteiger partial charge < -0.3 is 0 Å². The highest BCUT2D eigenvalue weighted by molar-refractivity contribution is 14.1. The van der Waals surface area contributed by atoms with Gasteiger partial charge in [-0.1, -0.05) is 23.2 Å². The molecule has 0 amide bonds. The number of fused-ring (bicyclic) bond motifs is 1. The van der Waals surface area contributed by atoms with E-state index < -0.39 is 0 Å². The zero-order valence-electron chi connectivity index (χ0n) is 10.4. The predicted molar refractivity (Wildman–Crippen MR) is 85.6 cm³/mol. The van der Waals surface area contributed by atoms with Gasteiger partial charge in [-0.05, 0) is 48.3 Å². The molecule has 3 rings (SSSR count). The van der Waals surface area contributed by atoms with Crippen LogP contribution in [0.3, 0.4) is 0 Å². The van der Waals surface area contributed by atoms with Gasteiger partial charge in [-0.15, -0.1) is 0 Å². The van der Waals surface area contributed by atoms with E-state index in [-0.39, 0.29) is 21.5 Å². The number of hydrogen-bond acceptors (Lipinski definition) is 3. The number of carbonyl (C=O) groups excluding carboxylic acids is 1. The molecule has 0 saturated carbocycles. The van der Waals surface area contributed by atoms with Crippen molar-refractivity contribution in [2.24, 2.45) is 0 Å². The predicted octanol–water partition coefficient (Wildman–Crippen LogP) is 3.76. The molecule has 0 saturated heterocycles. The molecular formula is C13H10Cl2IN3O. The van der Waals surface area contributed by atoms with E-state index in [4.69, 9.17) is 23.2 Å². The van der Waals surface area contributed by atoms with Gasteiger partial charge in [-0.25, -0.2) is 0 Å². The number of halogens is 3. The van der Waals surface area contributed by atoms with Gasteiger partial charge in [0.2, 0.25) is 0 Å². The summed E-state index contributed by atoms with van der Waals surface area (Å²) >= 11 is 14.3. The van der Waals surface area contributed by atoms with E-state index in [0.29, 0.717) is 0 Å². The second-order valence-electron chi connectivity index (χ2n) is 4.62. The van der Waals surface area contributed by atoms with Crippen molar-refractivity contribution in [2.75, 3.05) is 0 Å². The summed E-state index contributed by atoms with van der Waals surface area (Å²) in [5.41, 5.74) is 2.41. The summed E-state index contributed by atoms with van der Waals surface area (Å²) in [6.07, 6.45) is 6.87. The van der Waals surface area contributed by atoms with E-state index in [2.05, 4.69) is 32.7 Å². The molecule has 0 radical (unpaired) electrons. The van der Waals surface area contributed by atoms with Crippen molar-refractivity contribution in [1.82, 2.24) is 14.8 Å². The summed E-state index contributed by atoms with van der Waals surface area (Å²) in [6.45, 7) is 0. The Morgan fingerprint density at radius 3 is 2.55 bits per heavy atom. The Hall–Kier alpha value is -0.660. The van der Waals surface area contributed by atoms with Gasteiger partial charge in [0.15, 0.2) is 0 Å². The van der Waals surface area contributed by atoms with Crippen LogP contribution in [0.25, 0.3) is 0 Å². The molecule has 1 aliphatic carbocycles. The Balaban J connectivity index is 2.12. The van der Waals surface area contributed by atoms with Crippen molar-refractivity contribution in [3.05, 3.63) is 43.0 Å². The number of carbonyl (C=O) groups is 1. The van der Waals surface area contributed by atoms with Gasteiger partial charge in [-0.3, -0.25) is 9.78 Å². The minimum absolute atomic E-state index is 0.248. The summed E-state index contributed by atoms with van der Waals surface area (Å²) in [6, 6.07) is 0. The molecule has 4 nitrogen and oxygen atoms in total. The first-order valence-electron chi connectivity index (χ1n) is 6.19. The molecule has 2 aromatic heterocycles. The van der Waals surface area contributed by atoms with Crippen LogP contribution in [0.2, 0.25) is 10.0 Å². The van der Waals surface area contributed by atoms with Crippen LogP contribution in [-0.2, 0) is 12.8 Å². The van der Waals surface area contributed by atoms with E-state index in [1.807, 2.05) is 0 Å². The topological polar surface area (TPSA) is 47.8 Å². The molecule has 1 aliphatic rings. The van der Waals surface area contributed by atoms with Crippen LogP contribution in [0.1, 0.15) is 34.5 Å². The maximum Gasteiger partial charge on any atom is 0.281 e. The van der Waals surface area contributed by atoms with Crippen molar-refractivity contribution in [2.45, 2.75) is 25.7 Å². The molecule has 0 spiro atoms. The fourth-order valence-corrected chi connectivity index (χ4v) is 3.77. The SMILES string of the molecule is O=C(c1c(Cl)cncc1Cl)n1nc(I)c2c1CCCC2. The minimum Gasteiger partial charge on any atom is -0.267 e. The van der Waals surface area contributed by atoms with E-state index in [1.165, 1.54) is 22.6 Å². The summed E-state index contributed by atoms with van der Waals surface area (Å²) in [4.78, 5) is 16.5. The highest BCUT2D eigenvalue weighted by Gasteiger charge is 2.26. The lowest BCUT2D eigenvalue weighted by Gasteiger charge is -2.13. The zero-order chi connectivity index (χ0) is 14.3. The molecule has 20 heavy (non-hydrogen) atoms. The first-order valence-corrected chi connectivity index (χ1v) is 8.03. The van der Waals surface area contributed by atoms with Crippen molar-refractivity contribution in [1.29, 1.82) is 0 Å². The Morgan fingerprint density at radius 2 is 1.85 bits per heavy atom. The van der Waals surface area contributed by atoms with Crippen LogP contribution >= 0.6 is 45.8 Å². The maximum atomic E-state index is 12.7. The first kappa shape index (κ1) is 14.3. The third-order valence-electron chi connectivity index (χ3n) is 3.39. The van der Waals surface area contributed by atoms with E-state index >= 15 is 0 Å². The molecule has 104 valence electrons. The number of pyridine rings is 1. The Kier molecular flexibility index (Phi) is 4.01. The maximum absolute atomic E-state index is 12.7. The second kappa shape index (κ2) is 5.61. The number of aromatic nitrogens is 3. The molecule has 0 bridgehead atoms. The molecule has 0 aromatic carbocycles. The highest BCUT2D eigenvalue weighted by atomic mass is 127. The summed E-state index contributed by atoms with van der Waals surface area (Å²) in [5.74, 6) is -0.288. The molecule has 0 aliphatic heterocycles. The van der Waals surface area contributed by atoms with Crippen LogP contribution in [0.15, 0.2) is 12.4 Å². The molecule has 7 heteroatoms. The third-order valence-corrected chi connectivity index (χ3v) is 4.83. The summed E-state index contributed by atoms with van der Waals surface area (Å²) in [7, 11) is 0. The lowest BCUT2D eigenvalue weighted by molar-refractivity contribution is 0.0941. The summed E-state index contributed by atoms with van der Waals surface area (Å²) < 4.78 is 2.33. The molecular weight excluding hydrogens is 412 g/mol. The second-order valence-corrected chi connectivity index (χ2v) is 6.45. The van der Waals surface area contributed by atoms with Crippen LogP contribution in [0, 0.1) is 3.70 Å². The fraction of sp³-hybridized carbons (Fsp3) is 0.308. The first-order chi connectivity index (χ1) is 9.59. The molecule has 2 aromatic rings. The van der Waals surface area contributed by atoms with Crippen molar-refractivity contribution < 1.29 is 4.79 Å². The average Bonchev–Trinajstić information content (AvgIpc) is 2.76. The van der Waals surface area contributed by atoms with Crippen molar-refractivity contribution >= 4 is 51.7 Å². The summed E-state index contributed by atoms with van der Waals surface area (Å²) in [5, 5.41) is 4.86. The Labute approximate surface area is 139 Å². The quantitative estimate of drug-likeness (QED) is 0.658. The van der Waals surface area contributed by atoms with Crippen molar-refractivity contribution in [3.8, 4) is 0 Å². The Bertz CT molecular complexity index is 679. The standard InChI is InChI=1S/C13H10Cl2IN3O/c14-8-5-17-6-9(15)11(8)13(20)19-10-4-2-1-3-7(10)12(16)18-19/h5-6H,1-4H2. The lowest BCUT2D eigenvalue weighted by Crippen LogP contribution is -2.19. The van der Waals surface area contributed by atoms with Gasteiger partial charge in [0.25, 0.3) is 5.91 Å².